The molecule has 2 aromatic carbocycles. The van der Waals surface area contributed by atoms with Crippen LogP contribution in [0.3, 0.4) is 0 Å². The van der Waals surface area contributed by atoms with Gasteiger partial charge in [-0.05, 0) is 30.3 Å². The molecule has 0 spiro atoms. The molecule has 6 nitrogen and oxygen atoms in total. The van der Waals surface area contributed by atoms with Crippen molar-refractivity contribution in [1.82, 2.24) is 4.31 Å². The maximum Gasteiger partial charge on any atom is 0.422 e. The second kappa shape index (κ2) is 9.67. The number of ether oxygens (including phenoxy) is 1. The summed E-state index contributed by atoms with van der Waals surface area (Å²) >= 11 is 6.05. The Bertz CT molecular complexity index is 1010. The average molecular weight is 465 g/mol. The van der Waals surface area contributed by atoms with Crippen LogP contribution in [0.25, 0.3) is 0 Å². The van der Waals surface area contributed by atoms with Crippen LogP contribution >= 0.6 is 11.6 Å². The van der Waals surface area contributed by atoms with E-state index in [2.05, 4.69) is 5.32 Å². The molecule has 0 fully saturated rings. The molecule has 0 aliphatic rings. The molecule has 11 heteroatoms. The van der Waals surface area contributed by atoms with Gasteiger partial charge in [-0.15, -0.1) is 0 Å². The van der Waals surface area contributed by atoms with Crippen molar-refractivity contribution in [1.29, 1.82) is 0 Å². The maximum atomic E-state index is 12.8. The molecule has 0 radical (unpaired) electrons. The minimum absolute atomic E-state index is 0.00912. The molecule has 1 N–H and O–H groups in total. The van der Waals surface area contributed by atoms with E-state index in [0.29, 0.717) is 0 Å². The number of sulfonamides is 1. The lowest BCUT2D eigenvalue weighted by atomic mass is 10.2. The molecule has 0 bridgehead atoms. The van der Waals surface area contributed by atoms with E-state index in [1.807, 2.05) is 0 Å². The standard InChI is InChI=1S/C19H20ClF3N2O4S/c1-3-25(4-2)30(27,28)17-11-13(9-10-14(17)20)18(26)24-15-7-5-6-8-16(15)29-12-19(21,22)23/h5-11H,3-4,12H2,1-2H3,(H,24,26). The summed E-state index contributed by atoms with van der Waals surface area (Å²) in [6.07, 6.45) is -4.54. The third-order valence-corrected chi connectivity index (χ3v) is 6.57. The zero-order valence-electron chi connectivity index (χ0n) is 16.2. The summed E-state index contributed by atoms with van der Waals surface area (Å²) in [7, 11) is -3.92. The van der Waals surface area contributed by atoms with Crippen molar-refractivity contribution >= 4 is 33.2 Å². The largest absolute Gasteiger partial charge is 0.482 e. The summed E-state index contributed by atoms with van der Waals surface area (Å²) in [5.74, 6) is -0.904. The van der Waals surface area contributed by atoms with Crippen LogP contribution in [0.2, 0.25) is 5.02 Å². The summed E-state index contributed by atoms with van der Waals surface area (Å²) in [6, 6.07) is 9.33. The number of hydrogen-bond acceptors (Lipinski definition) is 4. The quantitative estimate of drug-likeness (QED) is 0.621. The Kier molecular flexibility index (Phi) is 7.73. The third kappa shape index (κ3) is 5.87. The summed E-state index contributed by atoms with van der Waals surface area (Å²) in [5, 5.41) is 2.39. The minimum Gasteiger partial charge on any atom is -0.482 e. The Morgan fingerprint density at radius 3 is 2.37 bits per heavy atom. The van der Waals surface area contributed by atoms with Crippen molar-refractivity contribution in [3.63, 3.8) is 0 Å². The van der Waals surface area contributed by atoms with Gasteiger partial charge < -0.3 is 10.1 Å². The predicted molar refractivity (Wildman–Crippen MR) is 108 cm³/mol. The number of amides is 1. The molecule has 0 aliphatic carbocycles. The van der Waals surface area contributed by atoms with E-state index in [0.717, 1.165) is 6.07 Å². The fraction of sp³-hybridized carbons (Fsp3) is 0.316. The molecule has 2 aromatic rings. The molecule has 0 heterocycles. The molecule has 164 valence electrons. The van der Waals surface area contributed by atoms with Gasteiger partial charge in [0.05, 0.1) is 10.7 Å². The lowest BCUT2D eigenvalue weighted by Gasteiger charge is -2.19. The molecular formula is C19H20ClF3N2O4S. The number of hydrogen-bond donors (Lipinski definition) is 1. The molecule has 0 saturated heterocycles. The van der Waals surface area contributed by atoms with Gasteiger partial charge in [-0.1, -0.05) is 37.6 Å². The number of alkyl halides is 3. The Morgan fingerprint density at radius 2 is 1.77 bits per heavy atom. The lowest BCUT2D eigenvalue weighted by Crippen LogP contribution is -2.31. The van der Waals surface area contributed by atoms with Gasteiger partial charge in [0, 0.05) is 18.7 Å². The molecule has 0 saturated carbocycles. The lowest BCUT2D eigenvalue weighted by molar-refractivity contribution is -0.153. The van der Waals surface area contributed by atoms with Gasteiger partial charge in [-0.25, -0.2) is 8.42 Å². The highest BCUT2D eigenvalue weighted by atomic mass is 35.5. The van der Waals surface area contributed by atoms with Gasteiger partial charge in [-0.3, -0.25) is 4.79 Å². The second-order valence-corrected chi connectivity index (χ2v) is 8.40. The number of nitrogens with one attached hydrogen (secondary N) is 1. The zero-order valence-corrected chi connectivity index (χ0v) is 17.7. The van der Waals surface area contributed by atoms with Gasteiger partial charge in [-0.2, -0.15) is 17.5 Å². The van der Waals surface area contributed by atoms with E-state index in [1.165, 1.54) is 40.7 Å². The summed E-state index contributed by atoms with van der Waals surface area (Å²) in [5.41, 5.74) is -0.0226. The van der Waals surface area contributed by atoms with E-state index in [1.54, 1.807) is 13.8 Å². The van der Waals surface area contributed by atoms with E-state index in [9.17, 15) is 26.4 Å². The van der Waals surface area contributed by atoms with Crippen LogP contribution in [0.15, 0.2) is 47.4 Å². The first kappa shape index (κ1) is 24.0. The average Bonchev–Trinajstić information content (AvgIpc) is 2.67. The number of anilines is 1. The van der Waals surface area contributed by atoms with Gasteiger partial charge in [0.25, 0.3) is 5.91 Å². The SMILES string of the molecule is CCN(CC)S(=O)(=O)c1cc(C(=O)Nc2ccccc2OCC(F)(F)F)ccc1Cl. The van der Waals surface area contributed by atoms with E-state index in [-0.39, 0.29) is 40.0 Å². The first-order valence-electron chi connectivity index (χ1n) is 8.89. The first-order chi connectivity index (χ1) is 14.0. The molecule has 30 heavy (non-hydrogen) atoms. The normalized spacial score (nSPS) is 12.1. The van der Waals surface area contributed by atoms with Crippen LogP contribution in [-0.4, -0.2) is 44.5 Å². The molecule has 2 rings (SSSR count). The maximum absolute atomic E-state index is 12.8. The smallest absolute Gasteiger partial charge is 0.422 e. The first-order valence-corrected chi connectivity index (χ1v) is 10.7. The summed E-state index contributed by atoms with van der Waals surface area (Å²) in [4.78, 5) is 12.4. The van der Waals surface area contributed by atoms with Gasteiger partial charge in [0.15, 0.2) is 6.61 Å². The van der Waals surface area contributed by atoms with Crippen molar-refractivity contribution < 1.29 is 31.1 Å². The Balaban J connectivity index is 2.32. The summed E-state index contributed by atoms with van der Waals surface area (Å²) < 4.78 is 68.8. The van der Waals surface area contributed by atoms with E-state index < -0.39 is 28.7 Å². The fourth-order valence-corrected chi connectivity index (χ4v) is 4.55. The molecule has 0 atom stereocenters. The van der Waals surface area contributed by atoms with Crippen molar-refractivity contribution in [2.45, 2.75) is 24.9 Å². The third-order valence-electron chi connectivity index (χ3n) is 4.04. The van der Waals surface area contributed by atoms with Crippen LogP contribution < -0.4 is 10.1 Å². The Morgan fingerprint density at radius 1 is 1.13 bits per heavy atom. The van der Waals surface area contributed by atoms with Crippen LogP contribution in [0, 0.1) is 0 Å². The number of carbonyl (C=O) groups excluding carboxylic acids is 1. The molecule has 0 unspecified atom stereocenters. The van der Waals surface area contributed by atoms with Crippen LogP contribution in [0.5, 0.6) is 5.75 Å². The fourth-order valence-electron chi connectivity index (χ4n) is 2.59. The van der Waals surface area contributed by atoms with Crippen molar-refractivity contribution in [2.75, 3.05) is 25.0 Å². The summed E-state index contributed by atoms with van der Waals surface area (Å²) in [6.45, 7) is 2.25. The number of rotatable bonds is 8. The minimum atomic E-state index is -4.54. The van der Waals surface area contributed by atoms with E-state index >= 15 is 0 Å². The van der Waals surface area contributed by atoms with E-state index in [4.69, 9.17) is 16.3 Å². The van der Waals surface area contributed by atoms with Gasteiger partial charge >= 0.3 is 6.18 Å². The monoisotopic (exact) mass is 464 g/mol. The van der Waals surface area contributed by atoms with Crippen molar-refractivity contribution in [3.8, 4) is 5.75 Å². The number of nitrogens with zero attached hydrogens (tertiary/aromatic N) is 1. The Hall–Kier alpha value is -2.30. The Labute approximate surface area is 177 Å². The number of para-hydroxylation sites is 2. The van der Waals surface area contributed by atoms with Crippen molar-refractivity contribution in [2.24, 2.45) is 0 Å². The highest BCUT2D eigenvalue weighted by molar-refractivity contribution is 7.89. The highest BCUT2D eigenvalue weighted by Gasteiger charge is 2.29. The topological polar surface area (TPSA) is 75.7 Å². The molecule has 1 amide bonds. The number of halogens is 4. The molecule has 0 aromatic heterocycles. The van der Waals surface area contributed by atoms with Gasteiger partial charge in [0.2, 0.25) is 10.0 Å². The predicted octanol–water partition coefficient (Wildman–Crippen LogP) is 4.56. The molecule has 0 aliphatic heterocycles. The van der Waals surface area contributed by atoms with Gasteiger partial charge in [0.1, 0.15) is 10.6 Å². The second-order valence-electron chi connectivity index (χ2n) is 6.09. The van der Waals surface area contributed by atoms with Crippen LogP contribution in [0.1, 0.15) is 24.2 Å². The van der Waals surface area contributed by atoms with Crippen LogP contribution in [-0.2, 0) is 10.0 Å². The zero-order chi connectivity index (χ0) is 22.5. The molecular weight excluding hydrogens is 445 g/mol. The van der Waals surface area contributed by atoms with Crippen LogP contribution in [0.4, 0.5) is 18.9 Å². The number of carbonyl (C=O) groups is 1. The number of benzene rings is 2. The highest BCUT2D eigenvalue weighted by Crippen LogP contribution is 2.29. The van der Waals surface area contributed by atoms with Crippen molar-refractivity contribution in [3.05, 3.63) is 53.1 Å².